The van der Waals surface area contributed by atoms with Crippen molar-refractivity contribution in [3.05, 3.63) is 30.1 Å². The zero-order valence-electron chi connectivity index (χ0n) is 22.5. The number of likely N-dealkylation sites (N-methyl/N-ethyl adjacent to an activating group) is 1. The lowest BCUT2D eigenvalue weighted by Gasteiger charge is -2.46. The highest BCUT2D eigenvalue weighted by molar-refractivity contribution is 5.93. The van der Waals surface area contributed by atoms with Crippen LogP contribution >= 0.6 is 0 Å². The summed E-state index contributed by atoms with van der Waals surface area (Å²) in [5, 5.41) is 3.33. The van der Waals surface area contributed by atoms with Crippen LogP contribution in [0.2, 0.25) is 0 Å². The lowest BCUT2D eigenvalue weighted by atomic mass is 9.83. The lowest BCUT2D eigenvalue weighted by molar-refractivity contribution is -0.138. The third kappa shape index (κ3) is 4.41. The molecule has 1 aliphatic carbocycles. The molecule has 1 spiro atoms. The van der Waals surface area contributed by atoms with Gasteiger partial charge in [-0.05, 0) is 51.7 Å². The Kier molecular flexibility index (Phi) is 6.42. The van der Waals surface area contributed by atoms with E-state index in [-0.39, 0.29) is 5.91 Å². The van der Waals surface area contributed by atoms with Gasteiger partial charge in [0.25, 0.3) is 0 Å². The molecule has 2 aromatic rings. The van der Waals surface area contributed by atoms with Crippen LogP contribution in [-0.2, 0) is 11.2 Å². The van der Waals surface area contributed by atoms with Gasteiger partial charge in [0.05, 0.1) is 11.9 Å². The Balaban J connectivity index is 1.21. The minimum absolute atomic E-state index is 0.240. The first-order valence-electron chi connectivity index (χ1n) is 14.1. The Labute approximate surface area is 220 Å². The molecule has 9 heteroatoms. The van der Waals surface area contributed by atoms with E-state index in [4.69, 9.17) is 4.98 Å². The molecule has 37 heavy (non-hydrogen) atoms. The molecule has 2 saturated heterocycles. The van der Waals surface area contributed by atoms with Crippen molar-refractivity contribution in [3.8, 4) is 0 Å². The summed E-state index contributed by atoms with van der Waals surface area (Å²) in [6.45, 7) is 9.56. The topological polar surface area (TPSA) is 80.7 Å². The number of rotatable bonds is 5. The molecule has 3 fully saturated rings. The summed E-state index contributed by atoms with van der Waals surface area (Å²) in [6, 6.07) is 5.10. The van der Waals surface area contributed by atoms with Crippen LogP contribution in [0.15, 0.2) is 24.5 Å². The number of fused-ring (bicyclic) bond motifs is 1. The van der Waals surface area contributed by atoms with Gasteiger partial charge in [-0.15, -0.1) is 0 Å². The normalized spacial score (nSPS) is 25.0. The monoisotopic (exact) mass is 504 g/mol. The fraction of sp³-hybridized carbons (Fsp3) is 0.643. The van der Waals surface area contributed by atoms with Crippen molar-refractivity contribution in [3.63, 3.8) is 0 Å². The van der Waals surface area contributed by atoms with Crippen LogP contribution in [0.4, 0.5) is 23.3 Å². The average molecular weight is 505 g/mol. The number of likely N-dealkylation sites (tertiary alicyclic amines) is 1. The predicted octanol–water partition coefficient (Wildman–Crippen LogP) is 3.44. The fourth-order valence-corrected chi connectivity index (χ4v) is 6.90. The van der Waals surface area contributed by atoms with Gasteiger partial charge >= 0.3 is 0 Å². The van der Waals surface area contributed by atoms with Gasteiger partial charge in [-0.2, -0.15) is 4.98 Å². The van der Waals surface area contributed by atoms with Crippen LogP contribution < -0.4 is 15.1 Å². The Morgan fingerprint density at radius 1 is 1.00 bits per heavy atom. The van der Waals surface area contributed by atoms with Gasteiger partial charge in [-0.1, -0.05) is 12.8 Å². The molecule has 198 valence electrons. The third-order valence-corrected chi connectivity index (χ3v) is 8.93. The molecule has 9 nitrogen and oxygen atoms in total. The van der Waals surface area contributed by atoms with E-state index in [0.29, 0.717) is 24.5 Å². The number of piperidine rings is 1. The van der Waals surface area contributed by atoms with Crippen LogP contribution in [0.3, 0.4) is 0 Å². The summed E-state index contributed by atoms with van der Waals surface area (Å²) in [4.78, 5) is 37.1. The van der Waals surface area contributed by atoms with Crippen molar-refractivity contribution in [2.45, 2.75) is 76.4 Å². The van der Waals surface area contributed by atoms with Gasteiger partial charge in [0.1, 0.15) is 17.2 Å². The van der Waals surface area contributed by atoms with Gasteiger partial charge in [-0.3, -0.25) is 9.69 Å². The number of pyridine rings is 1. The molecular weight excluding hydrogens is 464 g/mol. The lowest BCUT2D eigenvalue weighted by Crippen LogP contribution is -2.63. The maximum Gasteiger partial charge on any atom is 0.248 e. The number of amides is 1. The zero-order chi connectivity index (χ0) is 25.6. The summed E-state index contributed by atoms with van der Waals surface area (Å²) in [7, 11) is 1.94. The molecule has 1 unspecified atom stereocenters. The molecule has 0 bridgehead atoms. The Morgan fingerprint density at radius 3 is 2.49 bits per heavy atom. The molecule has 3 aliphatic heterocycles. The van der Waals surface area contributed by atoms with E-state index in [0.717, 1.165) is 81.3 Å². The van der Waals surface area contributed by atoms with Gasteiger partial charge in [0, 0.05) is 70.0 Å². The minimum Gasteiger partial charge on any atom is -0.368 e. The molecule has 2 aromatic heterocycles. The predicted molar refractivity (Wildman–Crippen MR) is 147 cm³/mol. The van der Waals surface area contributed by atoms with Gasteiger partial charge < -0.3 is 20.0 Å². The van der Waals surface area contributed by atoms with Gasteiger partial charge in [0.15, 0.2) is 0 Å². The van der Waals surface area contributed by atoms with E-state index >= 15 is 0 Å². The van der Waals surface area contributed by atoms with Crippen molar-refractivity contribution in [1.82, 2.24) is 24.8 Å². The minimum atomic E-state index is -0.503. The van der Waals surface area contributed by atoms with Crippen molar-refractivity contribution >= 4 is 29.2 Å². The quantitative estimate of drug-likeness (QED) is 0.663. The van der Waals surface area contributed by atoms with E-state index < -0.39 is 5.54 Å². The largest absolute Gasteiger partial charge is 0.368 e. The molecule has 0 radical (unpaired) electrons. The number of carbonyl (C=O) groups is 1. The zero-order valence-corrected chi connectivity index (χ0v) is 22.5. The molecule has 1 amide bonds. The van der Waals surface area contributed by atoms with Crippen molar-refractivity contribution in [1.29, 1.82) is 0 Å². The van der Waals surface area contributed by atoms with E-state index in [1.807, 2.05) is 30.4 Å². The van der Waals surface area contributed by atoms with E-state index in [1.165, 1.54) is 12.8 Å². The van der Waals surface area contributed by atoms with Crippen LogP contribution in [0.1, 0.15) is 57.9 Å². The Morgan fingerprint density at radius 2 is 1.78 bits per heavy atom. The highest BCUT2D eigenvalue weighted by Crippen LogP contribution is 2.47. The first-order valence-corrected chi connectivity index (χ1v) is 14.1. The fourth-order valence-electron chi connectivity index (χ4n) is 6.90. The van der Waals surface area contributed by atoms with Crippen LogP contribution in [0.25, 0.3) is 0 Å². The highest BCUT2D eigenvalue weighted by Gasteiger charge is 2.55. The second-order valence-electron chi connectivity index (χ2n) is 11.5. The molecule has 0 aromatic carbocycles. The van der Waals surface area contributed by atoms with Crippen molar-refractivity contribution in [2.24, 2.45) is 0 Å². The molecule has 5 heterocycles. The first kappa shape index (κ1) is 24.4. The number of nitrogens with one attached hydrogen (secondary N) is 1. The van der Waals surface area contributed by atoms with E-state index in [2.05, 4.69) is 49.9 Å². The van der Waals surface area contributed by atoms with Crippen molar-refractivity contribution < 1.29 is 4.79 Å². The maximum absolute atomic E-state index is 13.6. The highest BCUT2D eigenvalue weighted by atomic mass is 16.2. The Bertz CT molecular complexity index is 1120. The van der Waals surface area contributed by atoms with Crippen LogP contribution in [0, 0.1) is 0 Å². The summed E-state index contributed by atoms with van der Waals surface area (Å²) in [6.07, 6.45) is 11.2. The first-order chi connectivity index (χ1) is 17.9. The van der Waals surface area contributed by atoms with E-state index in [1.54, 1.807) is 0 Å². The molecular formula is C28H40N8O. The third-order valence-electron chi connectivity index (χ3n) is 8.93. The molecule has 6 rings (SSSR count). The van der Waals surface area contributed by atoms with Gasteiger partial charge in [-0.25, -0.2) is 9.97 Å². The summed E-state index contributed by atoms with van der Waals surface area (Å²) in [5.74, 6) is 2.46. The molecule has 1 saturated carbocycles. The number of aromatic nitrogens is 3. The number of carbonyl (C=O) groups excluding carboxylic acids is 1. The van der Waals surface area contributed by atoms with Crippen molar-refractivity contribution in [2.75, 3.05) is 54.9 Å². The maximum atomic E-state index is 13.6. The standard InChI is InChI=1S/C28H40N8O/c1-20(2)34-13-15-35(16-14-34)23-9-10-24(29-19-23)31-27-30-18-21-17-28(11-6-12-33(3)26(28)37)36(25(21)32-27)22-7-4-5-8-22/h9-10,18-20,22H,4-8,11-17H2,1-3H3,(H,29,30,31,32). The summed E-state index contributed by atoms with van der Waals surface area (Å²) in [5.41, 5.74) is 1.74. The SMILES string of the molecule is CC(C)N1CCN(c2ccc(Nc3ncc4c(n3)N(C3CCCC3)C3(CCCN(C)C3=O)C4)nc2)CC1. The van der Waals surface area contributed by atoms with Gasteiger partial charge in [0.2, 0.25) is 11.9 Å². The average Bonchev–Trinajstić information content (AvgIpc) is 3.54. The summed E-state index contributed by atoms with van der Waals surface area (Å²) >= 11 is 0. The smallest absolute Gasteiger partial charge is 0.248 e. The number of hydrogen-bond acceptors (Lipinski definition) is 8. The van der Waals surface area contributed by atoms with Crippen LogP contribution in [0.5, 0.6) is 0 Å². The second-order valence-corrected chi connectivity index (χ2v) is 11.5. The number of piperazine rings is 1. The number of anilines is 4. The number of nitrogens with zero attached hydrogens (tertiary/aromatic N) is 7. The number of hydrogen-bond donors (Lipinski definition) is 1. The van der Waals surface area contributed by atoms with Crippen LogP contribution in [-0.4, -0.2) is 88.1 Å². The molecule has 4 aliphatic rings. The molecule has 1 atom stereocenters. The summed E-state index contributed by atoms with van der Waals surface area (Å²) < 4.78 is 0. The Hall–Kier alpha value is -2.94. The molecule has 1 N–H and O–H groups in total. The second kappa shape index (κ2) is 9.74. The van der Waals surface area contributed by atoms with E-state index in [9.17, 15) is 4.79 Å².